The Balaban J connectivity index is 1.99. The summed E-state index contributed by atoms with van der Waals surface area (Å²) in [6, 6.07) is 11.6. The third kappa shape index (κ3) is 7.50. The molecule has 1 aliphatic heterocycles. The highest BCUT2D eigenvalue weighted by atomic mass is 16.6. The molecule has 0 amide bonds. The second-order valence-electron chi connectivity index (χ2n) is 9.68. The number of aromatic hydroxyl groups is 1. The molecule has 1 aliphatic rings. The van der Waals surface area contributed by atoms with E-state index in [0.717, 1.165) is 0 Å². The number of phenols is 1. The molecule has 11 nitrogen and oxygen atoms in total. The Morgan fingerprint density at radius 3 is 1.73 bits per heavy atom. The van der Waals surface area contributed by atoms with Crippen molar-refractivity contribution < 1.29 is 53.0 Å². The first kappa shape index (κ1) is 32.7. The van der Waals surface area contributed by atoms with Crippen molar-refractivity contribution in [1.82, 2.24) is 0 Å². The largest absolute Gasteiger partial charge is 0.504 e. The van der Waals surface area contributed by atoms with E-state index in [9.17, 15) is 19.8 Å². The zero-order valence-corrected chi connectivity index (χ0v) is 25.7. The minimum Gasteiger partial charge on any atom is -0.504 e. The lowest BCUT2D eigenvalue weighted by molar-refractivity contribution is -0.138. The van der Waals surface area contributed by atoms with Gasteiger partial charge in [-0.2, -0.15) is 0 Å². The van der Waals surface area contributed by atoms with Crippen LogP contribution in [-0.2, 0) is 19.1 Å². The summed E-state index contributed by atoms with van der Waals surface area (Å²) in [6.07, 6.45) is 3.89. The van der Waals surface area contributed by atoms with E-state index in [1.807, 2.05) is 0 Å². The molecular weight excluding hydrogens is 584 g/mol. The first-order chi connectivity index (χ1) is 21.8. The summed E-state index contributed by atoms with van der Waals surface area (Å²) in [6.45, 7) is 3.43. The van der Waals surface area contributed by atoms with E-state index in [4.69, 9.17) is 33.2 Å². The topological polar surface area (TPSA) is 139 Å². The summed E-state index contributed by atoms with van der Waals surface area (Å²) in [5, 5.41) is 20.8. The smallest absolute Gasteiger partial charge is 0.330 e. The highest BCUT2D eigenvalue weighted by molar-refractivity contribution is 5.91. The maximum Gasteiger partial charge on any atom is 0.330 e. The predicted octanol–water partition coefficient (Wildman–Crippen LogP) is 5.11. The van der Waals surface area contributed by atoms with E-state index >= 15 is 0 Å². The van der Waals surface area contributed by atoms with Crippen LogP contribution in [0.4, 0.5) is 0 Å². The molecule has 3 aromatic rings. The molecule has 238 valence electrons. The van der Waals surface area contributed by atoms with Crippen molar-refractivity contribution in [2.24, 2.45) is 0 Å². The van der Waals surface area contributed by atoms with Gasteiger partial charge in [0.25, 0.3) is 0 Å². The monoisotopic (exact) mass is 620 g/mol. The quantitative estimate of drug-likeness (QED) is 0.218. The van der Waals surface area contributed by atoms with Crippen LogP contribution in [0, 0.1) is 0 Å². The number of rotatable bonds is 11. The lowest BCUT2D eigenvalue weighted by Gasteiger charge is -2.33. The lowest BCUT2D eigenvalue weighted by atomic mass is 9.95. The second-order valence-corrected chi connectivity index (χ2v) is 9.68. The van der Waals surface area contributed by atoms with Gasteiger partial charge in [-0.15, -0.1) is 0 Å². The first-order valence-corrected chi connectivity index (χ1v) is 14.2. The van der Waals surface area contributed by atoms with Gasteiger partial charge in [-0.1, -0.05) is 6.07 Å². The molecule has 0 bridgehead atoms. The molecule has 0 saturated carbocycles. The van der Waals surface area contributed by atoms with Crippen molar-refractivity contribution in [3.63, 3.8) is 0 Å². The molecule has 0 radical (unpaired) electrons. The molecule has 2 unspecified atom stereocenters. The molecule has 45 heavy (non-hydrogen) atoms. The second kappa shape index (κ2) is 15.0. The normalized spacial score (nSPS) is 15.6. The number of aliphatic hydroxyl groups excluding tert-OH is 1. The number of methoxy groups -OCH3 is 3. The van der Waals surface area contributed by atoms with Gasteiger partial charge < -0.3 is 43.4 Å². The Hall–Kier alpha value is -5.16. The zero-order chi connectivity index (χ0) is 32.5. The Morgan fingerprint density at radius 1 is 0.756 bits per heavy atom. The van der Waals surface area contributed by atoms with Gasteiger partial charge in [0.2, 0.25) is 0 Å². The van der Waals surface area contributed by atoms with Gasteiger partial charge in [0.1, 0.15) is 0 Å². The summed E-state index contributed by atoms with van der Waals surface area (Å²) >= 11 is 0. The van der Waals surface area contributed by atoms with Crippen LogP contribution in [0.3, 0.4) is 0 Å². The van der Waals surface area contributed by atoms with Gasteiger partial charge in [0.15, 0.2) is 46.7 Å². The Bertz CT molecular complexity index is 1590. The summed E-state index contributed by atoms with van der Waals surface area (Å²) < 4.78 is 40.0. The Labute approximate surface area is 261 Å². The van der Waals surface area contributed by atoms with Gasteiger partial charge >= 0.3 is 11.9 Å². The molecule has 0 aliphatic carbocycles. The van der Waals surface area contributed by atoms with Crippen molar-refractivity contribution >= 4 is 24.1 Å². The summed E-state index contributed by atoms with van der Waals surface area (Å²) in [5.74, 6) is 0.348. The zero-order valence-electron chi connectivity index (χ0n) is 25.7. The van der Waals surface area contributed by atoms with E-state index < -0.39 is 30.8 Å². The van der Waals surface area contributed by atoms with E-state index in [-0.39, 0.29) is 24.7 Å². The van der Waals surface area contributed by atoms with Gasteiger partial charge in [-0.05, 0) is 73.5 Å². The molecule has 1 heterocycles. The summed E-state index contributed by atoms with van der Waals surface area (Å²) in [4.78, 5) is 24.2. The van der Waals surface area contributed by atoms with E-state index in [0.29, 0.717) is 50.8 Å². The highest BCUT2D eigenvalue weighted by Crippen LogP contribution is 2.51. The van der Waals surface area contributed by atoms with Crippen molar-refractivity contribution in [2.45, 2.75) is 26.1 Å². The number of esters is 2. The van der Waals surface area contributed by atoms with Crippen LogP contribution in [0.5, 0.6) is 34.5 Å². The molecule has 0 aromatic heterocycles. The van der Waals surface area contributed by atoms with E-state index in [2.05, 4.69) is 0 Å². The fourth-order valence-corrected chi connectivity index (χ4v) is 4.80. The maximum absolute atomic E-state index is 12.1. The maximum atomic E-state index is 12.1. The van der Waals surface area contributed by atoms with Crippen molar-refractivity contribution in [1.29, 1.82) is 0 Å². The van der Waals surface area contributed by atoms with Crippen molar-refractivity contribution in [2.75, 3.05) is 41.2 Å². The van der Waals surface area contributed by atoms with Gasteiger partial charge in [0.05, 0.1) is 41.2 Å². The first-order valence-electron chi connectivity index (χ1n) is 14.2. The van der Waals surface area contributed by atoms with Crippen LogP contribution in [0.2, 0.25) is 0 Å². The molecule has 0 fully saturated rings. The standard InChI is InChI=1S/C34H36O11/c1-6-42-30(37)12-8-20-14-23-24-15-21(9-13-31(38)43-7-2)17-28(41-5)34(24)45-32(22-10-11-25(36)26(18-22)39-3)29(19-35)44-33(23)27(16-20)40-4/h8-18,29,32,35-36H,6-7,19H2,1-5H3/b12-8+,13-9+. The average molecular weight is 621 g/mol. The van der Waals surface area contributed by atoms with Crippen LogP contribution in [-0.4, -0.2) is 69.4 Å². The Morgan fingerprint density at radius 2 is 1.27 bits per heavy atom. The molecule has 11 heteroatoms. The number of carbonyl (C=O) groups excluding carboxylic acids is 2. The lowest BCUT2D eigenvalue weighted by Crippen LogP contribution is -2.34. The number of aliphatic hydroxyl groups is 1. The number of phenolic OH excluding ortho intramolecular Hbond substituents is 1. The van der Waals surface area contributed by atoms with Crippen LogP contribution < -0.4 is 23.7 Å². The molecular formula is C34H36O11. The van der Waals surface area contributed by atoms with Crippen molar-refractivity contribution in [3.8, 4) is 45.6 Å². The molecule has 0 saturated heterocycles. The minimum absolute atomic E-state index is 0.0695. The molecule has 3 aromatic carbocycles. The molecule has 0 spiro atoms. The van der Waals surface area contributed by atoms with Crippen LogP contribution in [0.15, 0.2) is 54.6 Å². The third-order valence-electron chi connectivity index (χ3n) is 6.85. The van der Waals surface area contributed by atoms with Crippen molar-refractivity contribution in [3.05, 3.63) is 71.3 Å². The van der Waals surface area contributed by atoms with E-state index in [1.54, 1.807) is 62.4 Å². The SMILES string of the molecule is CCOC(=O)/C=C/c1cc(OC)c2c(c1)-c1cc(/C=C/C(=O)OCC)cc(OC)c1OC(c1ccc(O)c(OC)c1)C(CO)O2. The van der Waals surface area contributed by atoms with Crippen LogP contribution >= 0.6 is 0 Å². The molecule has 2 atom stereocenters. The number of benzene rings is 3. The predicted molar refractivity (Wildman–Crippen MR) is 166 cm³/mol. The highest BCUT2D eigenvalue weighted by Gasteiger charge is 2.35. The molecule has 4 rings (SSSR count). The third-order valence-corrected chi connectivity index (χ3v) is 6.85. The fraction of sp³-hybridized carbons (Fsp3) is 0.294. The van der Waals surface area contributed by atoms with Crippen LogP contribution in [0.1, 0.15) is 36.6 Å². The summed E-state index contributed by atoms with van der Waals surface area (Å²) in [5.41, 5.74) is 2.71. The molecule has 2 N–H and O–H groups in total. The fourth-order valence-electron chi connectivity index (χ4n) is 4.80. The number of carbonyl (C=O) groups is 2. The Kier molecular flexibility index (Phi) is 10.9. The number of ether oxygens (including phenoxy) is 7. The van der Waals surface area contributed by atoms with Gasteiger partial charge in [-0.25, -0.2) is 9.59 Å². The number of hydrogen-bond acceptors (Lipinski definition) is 11. The van der Waals surface area contributed by atoms with Gasteiger partial charge in [0, 0.05) is 28.8 Å². The van der Waals surface area contributed by atoms with Crippen LogP contribution in [0.25, 0.3) is 23.3 Å². The number of hydrogen-bond donors (Lipinski definition) is 2. The number of fused-ring (bicyclic) bond motifs is 3. The summed E-state index contributed by atoms with van der Waals surface area (Å²) in [7, 11) is 4.38. The van der Waals surface area contributed by atoms with Gasteiger partial charge in [-0.3, -0.25) is 0 Å². The minimum atomic E-state index is -0.964. The average Bonchev–Trinajstić information content (AvgIpc) is 3.04. The van der Waals surface area contributed by atoms with E-state index in [1.165, 1.54) is 39.5 Å².